The Morgan fingerprint density at radius 1 is 1.07 bits per heavy atom. The molecule has 4 aliphatic carbocycles. The van der Waals surface area contributed by atoms with E-state index in [0.717, 1.165) is 17.8 Å². The van der Waals surface area contributed by atoms with Crippen LogP contribution in [0.25, 0.3) is 0 Å². The molecule has 0 atom stereocenters. The molecule has 1 nitrogen and oxygen atoms in total. The zero-order valence-electron chi connectivity index (χ0n) is 9.96. The van der Waals surface area contributed by atoms with Crippen LogP contribution in [0.4, 0.5) is 0 Å². The third-order valence-electron chi connectivity index (χ3n) is 4.82. The molecule has 78 valence electrons. The van der Waals surface area contributed by atoms with Crippen molar-refractivity contribution in [1.29, 1.82) is 0 Å². The quantitative estimate of drug-likeness (QED) is 0.410. The Morgan fingerprint density at radius 2 is 1.47 bits per heavy atom. The maximum atomic E-state index is 12.0. The Labute approximate surface area is 105 Å². The third kappa shape index (κ3) is 1.69. The number of hydrogen-bond acceptors (Lipinski definition) is 1. The van der Waals surface area contributed by atoms with Crippen molar-refractivity contribution < 1.29 is 24.0 Å². The first kappa shape index (κ1) is 11.6. The van der Waals surface area contributed by atoms with Crippen molar-refractivity contribution in [3.8, 4) is 0 Å². The molecular formula is C13H19LiO. The second-order valence-electron chi connectivity index (χ2n) is 5.85. The van der Waals surface area contributed by atoms with Gasteiger partial charge in [0.15, 0.2) is 0 Å². The maximum absolute atomic E-state index is 12.0. The fraction of sp³-hybridized carbons (Fsp3) is 0.846. The molecule has 4 saturated carbocycles. The topological polar surface area (TPSA) is 23.1 Å². The maximum Gasteiger partial charge on any atom is 1.00 e. The summed E-state index contributed by atoms with van der Waals surface area (Å²) in [5.74, 6) is 3.14. The van der Waals surface area contributed by atoms with Crippen LogP contribution in [0, 0.1) is 23.2 Å². The van der Waals surface area contributed by atoms with Crippen LogP contribution in [-0.4, -0.2) is 0 Å². The van der Waals surface area contributed by atoms with Gasteiger partial charge in [-0.05, 0) is 68.6 Å². The Morgan fingerprint density at radius 3 is 1.80 bits per heavy atom. The molecule has 0 unspecified atom stereocenters. The van der Waals surface area contributed by atoms with E-state index < -0.39 is 0 Å². The summed E-state index contributed by atoms with van der Waals surface area (Å²) in [6.45, 7) is 1.92. The van der Waals surface area contributed by atoms with E-state index in [9.17, 15) is 5.11 Å². The van der Waals surface area contributed by atoms with Crippen LogP contribution in [0.3, 0.4) is 0 Å². The first-order valence-corrected chi connectivity index (χ1v) is 6.06. The van der Waals surface area contributed by atoms with Crippen LogP contribution < -0.4 is 24.0 Å². The second-order valence-corrected chi connectivity index (χ2v) is 5.85. The third-order valence-corrected chi connectivity index (χ3v) is 4.82. The molecule has 0 saturated heterocycles. The Hall–Kier alpha value is 0.137. The zero-order chi connectivity index (χ0) is 9.76. The molecule has 0 radical (unpaired) electrons. The van der Waals surface area contributed by atoms with E-state index in [0.29, 0.717) is 5.76 Å². The second kappa shape index (κ2) is 3.86. The van der Waals surface area contributed by atoms with E-state index in [1.54, 1.807) is 0 Å². The van der Waals surface area contributed by atoms with Crippen molar-refractivity contribution in [2.45, 2.75) is 45.4 Å². The van der Waals surface area contributed by atoms with Crippen LogP contribution >= 0.6 is 0 Å². The van der Waals surface area contributed by atoms with Gasteiger partial charge in [0.25, 0.3) is 0 Å². The molecule has 0 aromatic heterocycles. The van der Waals surface area contributed by atoms with Gasteiger partial charge in [-0.2, -0.15) is 0 Å². The van der Waals surface area contributed by atoms with Gasteiger partial charge in [-0.15, -0.1) is 5.76 Å². The van der Waals surface area contributed by atoms with E-state index in [-0.39, 0.29) is 24.3 Å². The fourth-order valence-electron chi connectivity index (χ4n) is 4.72. The average Bonchev–Trinajstić information content (AvgIpc) is 2.14. The van der Waals surface area contributed by atoms with E-state index in [4.69, 9.17) is 0 Å². The first-order chi connectivity index (χ1) is 6.72. The van der Waals surface area contributed by atoms with Crippen molar-refractivity contribution in [2.24, 2.45) is 23.2 Å². The molecule has 15 heavy (non-hydrogen) atoms. The average molecular weight is 198 g/mol. The number of allylic oxidation sites excluding steroid dienone is 2. The largest absolute Gasteiger partial charge is 1.00 e. The van der Waals surface area contributed by atoms with Gasteiger partial charge in [0.05, 0.1) is 0 Å². The summed E-state index contributed by atoms with van der Waals surface area (Å²) < 4.78 is 0. The summed E-state index contributed by atoms with van der Waals surface area (Å²) in [5.41, 5.74) is 0.115. The van der Waals surface area contributed by atoms with Crippen LogP contribution in [0.1, 0.15) is 45.4 Å². The monoisotopic (exact) mass is 198 g/mol. The van der Waals surface area contributed by atoms with E-state index >= 15 is 0 Å². The van der Waals surface area contributed by atoms with Gasteiger partial charge in [-0.1, -0.05) is 6.08 Å². The SMILES string of the molecule is C/C=C(/[O-])C12CC3CC(CC(C3)C1)C2.[Li+]. The van der Waals surface area contributed by atoms with E-state index in [2.05, 4.69) is 0 Å². The Kier molecular flexibility index (Phi) is 2.99. The standard InChI is InChI=1S/C13H20O.Li/c1-2-12(14)13-6-9-3-10(7-13)5-11(4-9)8-13;/h2,9-11,14H,3-8H2,1H3;/q;+1/p-1/b12-2+;. The minimum atomic E-state index is 0. The molecule has 0 amide bonds. The minimum Gasteiger partial charge on any atom is -0.875 e. The summed E-state index contributed by atoms with van der Waals surface area (Å²) in [6.07, 6.45) is 9.74. The van der Waals surface area contributed by atoms with Gasteiger partial charge in [0, 0.05) is 0 Å². The van der Waals surface area contributed by atoms with Crippen molar-refractivity contribution in [3.05, 3.63) is 11.8 Å². The molecule has 4 aliphatic rings. The molecule has 0 N–H and O–H groups in total. The number of hydrogen-bond donors (Lipinski definition) is 0. The van der Waals surface area contributed by atoms with Crippen molar-refractivity contribution in [1.82, 2.24) is 0 Å². The smallest absolute Gasteiger partial charge is 0.875 e. The molecule has 0 aromatic carbocycles. The first-order valence-electron chi connectivity index (χ1n) is 6.06. The molecule has 0 aromatic rings. The molecule has 4 fully saturated rings. The predicted octanol–water partition coefficient (Wildman–Crippen LogP) is -0.529. The molecule has 0 heterocycles. The van der Waals surface area contributed by atoms with Gasteiger partial charge in [0.1, 0.15) is 0 Å². The Bertz CT molecular complexity index is 247. The normalized spacial score (nSPS) is 47.8. The molecule has 4 bridgehead atoms. The van der Waals surface area contributed by atoms with Crippen LogP contribution in [-0.2, 0) is 0 Å². The van der Waals surface area contributed by atoms with Crippen molar-refractivity contribution in [2.75, 3.05) is 0 Å². The molecule has 0 aliphatic heterocycles. The molecule has 4 rings (SSSR count). The van der Waals surface area contributed by atoms with Gasteiger partial charge in [-0.3, -0.25) is 0 Å². The van der Waals surface area contributed by atoms with E-state index in [1.165, 1.54) is 38.5 Å². The van der Waals surface area contributed by atoms with Crippen LogP contribution in [0.5, 0.6) is 0 Å². The summed E-state index contributed by atoms with van der Waals surface area (Å²) in [4.78, 5) is 0. The molecule has 0 spiro atoms. The summed E-state index contributed by atoms with van der Waals surface area (Å²) in [5, 5.41) is 12.0. The summed E-state index contributed by atoms with van der Waals surface area (Å²) >= 11 is 0. The van der Waals surface area contributed by atoms with Gasteiger partial charge in [0.2, 0.25) is 0 Å². The molecular weight excluding hydrogens is 179 g/mol. The predicted molar refractivity (Wildman–Crippen MR) is 54.4 cm³/mol. The minimum absolute atomic E-state index is 0. The zero-order valence-corrected chi connectivity index (χ0v) is 9.96. The van der Waals surface area contributed by atoms with Crippen LogP contribution in [0.15, 0.2) is 11.8 Å². The molecule has 2 heteroatoms. The Balaban J connectivity index is 0.000000853. The summed E-state index contributed by atoms with van der Waals surface area (Å²) in [6, 6.07) is 0. The van der Waals surface area contributed by atoms with Crippen molar-refractivity contribution in [3.63, 3.8) is 0 Å². The van der Waals surface area contributed by atoms with E-state index in [1.807, 2.05) is 13.0 Å². The fourth-order valence-corrected chi connectivity index (χ4v) is 4.72. The van der Waals surface area contributed by atoms with Gasteiger partial charge >= 0.3 is 18.9 Å². The van der Waals surface area contributed by atoms with Crippen molar-refractivity contribution >= 4 is 0 Å². The summed E-state index contributed by atoms with van der Waals surface area (Å²) in [7, 11) is 0. The van der Waals surface area contributed by atoms with Gasteiger partial charge in [-0.25, -0.2) is 0 Å². The number of rotatable bonds is 1. The van der Waals surface area contributed by atoms with Gasteiger partial charge < -0.3 is 5.11 Å². The van der Waals surface area contributed by atoms with Crippen LogP contribution in [0.2, 0.25) is 0 Å².